The van der Waals surface area contributed by atoms with Gasteiger partial charge >= 0.3 is 0 Å². The van der Waals surface area contributed by atoms with Gasteiger partial charge in [0.25, 0.3) is 0 Å². The highest BCUT2D eigenvalue weighted by atomic mass is 35.5. The topological polar surface area (TPSA) is 33.7 Å². The fourth-order valence-corrected chi connectivity index (χ4v) is 3.43. The quantitative estimate of drug-likeness (QED) is 0.812. The number of halogens is 1. The van der Waals surface area contributed by atoms with Crippen molar-refractivity contribution >= 4 is 40.3 Å². The molecule has 0 unspecified atom stereocenters. The molecule has 126 valence electrons. The number of nitrogens with zero attached hydrogens (tertiary/aromatic N) is 1. The smallest absolute Gasteiger partial charge is 0.178 e. The number of methoxy groups -OCH3 is 2. The van der Waals surface area contributed by atoms with Crippen LogP contribution in [0.15, 0.2) is 36.4 Å². The Morgan fingerprint density at radius 3 is 2.67 bits per heavy atom. The Morgan fingerprint density at radius 2 is 1.92 bits per heavy atom. The largest absolute Gasteiger partial charge is 0.495 e. The number of anilines is 2. The zero-order chi connectivity index (χ0) is 17.1. The first-order chi connectivity index (χ1) is 11.6. The van der Waals surface area contributed by atoms with E-state index < -0.39 is 0 Å². The molecule has 0 saturated heterocycles. The van der Waals surface area contributed by atoms with E-state index in [4.69, 9.17) is 33.3 Å². The van der Waals surface area contributed by atoms with E-state index in [1.54, 1.807) is 26.4 Å². The fourth-order valence-electron chi connectivity index (χ4n) is 2.88. The number of hydrogen-bond donors (Lipinski definition) is 1. The summed E-state index contributed by atoms with van der Waals surface area (Å²) >= 11 is 11.9. The van der Waals surface area contributed by atoms with Crippen molar-refractivity contribution in [1.82, 2.24) is 0 Å². The summed E-state index contributed by atoms with van der Waals surface area (Å²) in [5.74, 6) is 1.19. The molecule has 0 atom stereocenters. The lowest BCUT2D eigenvalue weighted by atomic mass is 10.0. The van der Waals surface area contributed by atoms with E-state index in [0.29, 0.717) is 21.6 Å². The summed E-state index contributed by atoms with van der Waals surface area (Å²) in [7, 11) is 3.18. The van der Waals surface area contributed by atoms with Crippen LogP contribution in [-0.4, -0.2) is 25.9 Å². The van der Waals surface area contributed by atoms with E-state index in [9.17, 15) is 0 Å². The number of benzene rings is 2. The van der Waals surface area contributed by atoms with Gasteiger partial charge in [0.05, 0.1) is 24.9 Å². The van der Waals surface area contributed by atoms with Gasteiger partial charge in [-0.1, -0.05) is 29.8 Å². The van der Waals surface area contributed by atoms with Crippen molar-refractivity contribution in [2.24, 2.45) is 0 Å². The molecule has 0 spiro atoms. The maximum atomic E-state index is 6.23. The van der Waals surface area contributed by atoms with Crippen molar-refractivity contribution in [2.75, 3.05) is 31.0 Å². The van der Waals surface area contributed by atoms with Gasteiger partial charge < -0.3 is 19.7 Å². The third-order valence-corrected chi connectivity index (χ3v) is 4.69. The van der Waals surface area contributed by atoms with Crippen LogP contribution in [0.25, 0.3) is 0 Å². The number of aryl methyl sites for hydroxylation is 1. The number of ether oxygens (including phenoxy) is 2. The highest BCUT2D eigenvalue weighted by molar-refractivity contribution is 7.80. The van der Waals surface area contributed by atoms with E-state index in [1.807, 2.05) is 6.07 Å². The van der Waals surface area contributed by atoms with Crippen LogP contribution in [0.2, 0.25) is 5.02 Å². The van der Waals surface area contributed by atoms with Crippen molar-refractivity contribution in [3.05, 3.63) is 47.0 Å². The predicted molar refractivity (Wildman–Crippen MR) is 103 cm³/mol. The predicted octanol–water partition coefficient (Wildman–Crippen LogP) is 4.51. The zero-order valence-corrected chi connectivity index (χ0v) is 15.2. The van der Waals surface area contributed by atoms with Gasteiger partial charge in [0.2, 0.25) is 0 Å². The van der Waals surface area contributed by atoms with Gasteiger partial charge in [-0.15, -0.1) is 0 Å². The Balaban J connectivity index is 1.87. The van der Waals surface area contributed by atoms with Crippen LogP contribution in [-0.2, 0) is 6.42 Å². The average molecular weight is 363 g/mol. The molecule has 1 aliphatic rings. The Labute approximate surface area is 152 Å². The molecule has 4 nitrogen and oxygen atoms in total. The van der Waals surface area contributed by atoms with Crippen LogP contribution in [0.1, 0.15) is 12.0 Å². The van der Waals surface area contributed by atoms with Gasteiger partial charge in [-0.2, -0.15) is 0 Å². The Hall–Kier alpha value is -1.98. The number of fused-ring (bicyclic) bond motifs is 1. The third kappa shape index (κ3) is 3.28. The molecule has 2 aromatic carbocycles. The SMILES string of the molecule is COc1cc(OC)c(NC(=S)N2CCCc3ccccc32)cc1Cl. The van der Waals surface area contributed by atoms with Crippen LogP contribution < -0.4 is 19.7 Å². The van der Waals surface area contributed by atoms with Crippen molar-refractivity contribution in [3.8, 4) is 11.5 Å². The van der Waals surface area contributed by atoms with E-state index in [2.05, 4.69) is 28.4 Å². The number of thiocarbonyl (C=S) groups is 1. The van der Waals surface area contributed by atoms with E-state index in [0.717, 1.165) is 30.8 Å². The second-order valence-electron chi connectivity index (χ2n) is 5.50. The first kappa shape index (κ1) is 16.9. The first-order valence-corrected chi connectivity index (χ1v) is 8.50. The van der Waals surface area contributed by atoms with Crippen LogP contribution in [0.3, 0.4) is 0 Å². The number of hydrogen-bond acceptors (Lipinski definition) is 3. The van der Waals surface area contributed by atoms with Crippen molar-refractivity contribution in [2.45, 2.75) is 12.8 Å². The molecule has 24 heavy (non-hydrogen) atoms. The fraction of sp³-hybridized carbons (Fsp3) is 0.278. The molecule has 2 aromatic rings. The molecule has 0 bridgehead atoms. The molecule has 0 aromatic heterocycles. The van der Waals surface area contributed by atoms with Gasteiger partial charge in [0, 0.05) is 18.3 Å². The summed E-state index contributed by atoms with van der Waals surface area (Å²) in [6, 6.07) is 11.9. The molecule has 1 heterocycles. The number of rotatable bonds is 3. The van der Waals surface area contributed by atoms with E-state index in [1.165, 1.54) is 5.56 Å². The van der Waals surface area contributed by atoms with E-state index in [-0.39, 0.29) is 0 Å². The Morgan fingerprint density at radius 1 is 1.17 bits per heavy atom. The molecule has 0 saturated carbocycles. The lowest BCUT2D eigenvalue weighted by molar-refractivity contribution is 0.396. The maximum Gasteiger partial charge on any atom is 0.178 e. The van der Waals surface area contributed by atoms with E-state index >= 15 is 0 Å². The highest BCUT2D eigenvalue weighted by Crippen LogP contribution is 2.36. The normalized spacial score (nSPS) is 13.2. The van der Waals surface area contributed by atoms with Gasteiger partial charge in [0.1, 0.15) is 11.5 Å². The monoisotopic (exact) mass is 362 g/mol. The zero-order valence-electron chi connectivity index (χ0n) is 13.6. The molecule has 1 N–H and O–H groups in total. The summed E-state index contributed by atoms with van der Waals surface area (Å²) in [6.07, 6.45) is 2.15. The van der Waals surface area contributed by atoms with Crippen LogP contribution in [0, 0.1) is 0 Å². The summed E-state index contributed by atoms with van der Waals surface area (Å²) in [6.45, 7) is 0.884. The lowest BCUT2D eigenvalue weighted by Crippen LogP contribution is -2.38. The van der Waals surface area contributed by atoms with Crippen molar-refractivity contribution in [1.29, 1.82) is 0 Å². The first-order valence-electron chi connectivity index (χ1n) is 7.72. The number of nitrogens with one attached hydrogen (secondary N) is 1. The Kier molecular flexibility index (Phi) is 5.11. The molecular formula is C18H19ClN2O2S. The van der Waals surface area contributed by atoms with Crippen LogP contribution >= 0.6 is 23.8 Å². The minimum Gasteiger partial charge on any atom is -0.495 e. The Bertz CT molecular complexity index is 767. The van der Waals surface area contributed by atoms with Crippen LogP contribution in [0.5, 0.6) is 11.5 Å². The summed E-state index contributed by atoms with van der Waals surface area (Å²) < 4.78 is 10.6. The highest BCUT2D eigenvalue weighted by Gasteiger charge is 2.21. The molecule has 3 rings (SSSR count). The summed E-state index contributed by atoms with van der Waals surface area (Å²) in [4.78, 5) is 2.12. The standard InChI is InChI=1S/C18H19ClN2O2S/c1-22-16-11-17(23-2)14(10-13(16)19)20-18(24)21-9-5-7-12-6-3-4-8-15(12)21/h3-4,6,8,10-11H,5,7,9H2,1-2H3,(H,20,24). The van der Waals surface area contributed by atoms with Crippen molar-refractivity contribution < 1.29 is 9.47 Å². The van der Waals surface area contributed by atoms with Gasteiger partial charge in [-0.25, -0.2) is 0 Å². The van der Waals surface area contributed by atoms with Gasteiger partial charge in [0.15, 0.2) is 5.11 Å². The minimum absolute atomic E-state index is 0.502. The maximum absolute atomic E-state index is 6.23. The summed E-state index contributed by atoms with van der Waals surface area (Å²) in [5.41, 5.74) is 3.18. The second kappa shape index (κ2) is 7.28. The van der Waals surface area contributed by atoms with Crippen LogP contribution in [0.4, 0.5) is 11.4 Å². The number of para-hydroxylation sites is 1. The van der Waals surface area contributed by atoms with Crippen molar-refractivity contribution in [3.63, 3.8) is 0 Å². The summed E-state index contributed by atoms with van der Waals surface area (Å²) in [5, 5.41) is 4.39. The molecule has 6 heteroatoms. The average Bonchev–Trinajstić information content (AvgIpc) is 2.61. The minimum atomic E-state index is 0.502. The molecule has 0 aliphatic carbocycles. The molecule has 0 radical (unpaired) electrons. The molecular weight excluding hydrogens is 344 g/mol. The molecule has 0 amide bonds. The van der Waals surface area contributed by atoms with Gasteiger partial charge in [-0.3, -0.25) is 0 Å². The molecule has 0 fully saturated rings. The molecule has 1 aliphatic heterocycles. The van der Waals surface area contributed by atoms with Gasteiger partial charge in [-0.05, 0) is 42.8 Å². The lowest BCUT2D eigenvalue weighted by Gasteiger charge is -2.32. The third-order valence-electron chi connectivity index (χ3n) is 4.07. The second-order valence-corrected chi connectivity index (χ2v) is 6.29.